The molecule has 74 valence electrons. The number of hydrogen-bond acceptors (Lipinski definition) is 1. The first-order valence-corrected chi connectivity index (χ1v) is 3.76. The van der Waals surface area contributed by atoms with Gasteiger partial charge in [-0.25, -0.2) is 0 Å². The zero-order valence-corrected chi connectivity index (χ0v) is 7.10. The van der Waals surface area contributed by atoms with E-state index in [1.54, 1.807) is 0 Å². The van der Waals surface area contributed by atoms with Crippen molar-refractivity contribution in [2.45, 2.75) is 19.0 Å². The molecular weight excluding hydrogens is 181 g/mol. The minimum absolute atomic E-state index is 0.0321. The van der Waals surface area contributed by atoms with E-state index in [-0.39, 0.29) is 12.8 Å². The molecule has 0 aromatic rings. The Kier molecular flexibility index (Phi) is 4.45. The lowest BCUT2D eigenvalue weighted by Gasteiger charge is -2.13. The van der Waals surface area contributed by atoms with Crippen molar-refractivity contribution >= 4 is 5.78 Å². The van der Waals surface area contributed by atoms with Crippen LogP contribution in [0, 0.1) is 5.92 Å². The Bertz CT molecular complexity index is 195. The largest absolute Gasteiger partial charge is 0.450 e. The van der Waals surface area contributed by atoms with Crippen LogP contribution in [0.4, 0.5) is 13.2 Å². The molecule has 0 aliphatic rings. The summed E-state index contributed by atoms with van der Waals surface area (Å²) < 4.78 is 35.8. The fourth-order valence-corrected chi connectivity index (χ4v) is 0.944. The molecule has 0 fully saturated rings. The second-order valence-corrected chi connectivity index (χ2v) is 2.61. The summed E-state index contributed by atoms with van der Waals surface area (Å²) in [7, 11) is 0. The first-order valence-electron chi connectivity index (χ1n) is 3.76. The van der Waals surface area contributed by atoms with Crippen LogP contribution in [0.2, 0.25) is 0 Å². The zero-order valence-electron chi connectivity index (χ0n) is 7.10. The van der Waals surface area contributed by atoms with E-state index in [1.807, 2.05) is 0 Å². The fourth-order valence-electron chi connectivity index (χ4n) is 0.944. The Labute approximate surface area is 74.9 Å². The van der Waals surface area contributed by atoms with E-state index in [0.29, 0.717) is 0 Å². The lowest BCUT2D eigenvalue weighted by atomic mass is 9.96. The summed E-state index contributed by atoms with van der Waals surface area (Å²) in [5.74, 6) is -2.76. The second kappa shape index (κ2) is 4.84. The van der Waals surface area contributed by atoms with Crippen molar-refractivity contribution in [1.82, 2.24) is 0 Å². The number of hydrogen-bond donors (Lipinski definition) is 0. The molecule has 0 amide bonds. The minimum Gasteiger partial charge on any atom is -0.289 e. The summed E-state index contributed by atoms with van der Waals surface area (Å²) in [5.41, 5.74) is 0. The molecule has 0 bridgehead atoms. The average Bonchev–Trinajstić information content (AvgIpc) is 2.01. The predicted octanol–water partition coefficient (Wildman–Crippen LogP) is 2.89. The molecule has 0 aromatic carbocycles. The zero-order chi connectivity index (χ0) is 10.5. The molecule has 13 heavy (non-hydrogen) atoms. The van der Waals surface area contributed by atoms with Crippen molar-refractivity contribution in [3.05, 3.63) is 25.3 Å². The highest BCUT2D eigenvalue weighted by Crippen LogP contribution is 2.25. The summed E-state index contributed by atoms with van der Waals surface area (Å²) in [4.78, 5) is 10.7. The number of halogens is 3. The fraction of sp³-hybridized carbons (Fsp3) is 0.444. The molecule has 1 nitrogen and oxygen atoms in total. The Balaban J connectivity index is 4.44. The number of carbonyl (C=O) groups excluding carboxylic acids is 1. The summed E-state index contributed by atoms with van der Waals surface area (Å²) >= 11 is 0. The Hall–Kier alpha value is -1.06. The highest BCUT2D eigenvalue weighted by atomic mass is 19.4. The van der Waals surface area contributed by atoms with Gasteiger partial charge in [-0.1, -0.05) is 12.2 Å². The Morgan fingerprint density at radius 3 is 1.85 bits per heavy atom. The number of Topliss-reactive ketones (excluding diaryl/α,β-unsaturated/α-hetero) is 1. The van der Waals surface area contributed by atoms with Gasteiger partial charge < -0.3 is 0 Å². The van der Waals surface area contributed by atoms with E-state index in [0.717, 1.165) is 0 Å². The highest BCUT2D eigenvalue weighted by molar-refractivity contribution is 5.86. The van der Waals surface area contributed by atoms with Crippen LogP contribution in [-0.4, -0.2) is 12.0 Å². The summed E-state index contributed by atoms with van der Waals surface area (Å²) in [5, 5.41) is 0. The average molecular weight is 192 g/mol. The molecule has 4 heteroatoms. The molecule has 0 rings (SSSR count). The van der Waals surface area contributed by atoms with E-state index < -0.39 is 17.9 Å². The molecule has 0 atom stereocenters. The second-order valence-electron chi connectivity index (χ2n) is 2.61. The van der Waals surface area contributed by atoms with E-state index in [1.165, 1.54) is 12.2 Å². The first-order chi connectivity index (χ1) is 5.93. The number of carbonyl (C=O) groups is 1. The smallest absolute Gasteiger partial charge is 0.289 e. The molecule has 0 radical (unpaired) electrons. The van der Waals surface area contributed by atoms with Crippen molar-refractivity contribution in [1.29, 1.82) is 0 Å². The first kappa shape index (κ1) is 11.9. The van der Waals surface area contributed by atoms with Crippen LogP contribution < -0.4 is 0 Å². The molecular formula is C9H11F3O. The van der Waals surface area contributed by atoms with Gasteiger partial charge in [0.15, 0.2) is 0 Å². The van der Waals surface area contributed by atoms with E-state index >= 15 is 0 Å². The van der Waals surface area contributed by atoms with Crippen LogP contribution in [0.1, 0.15) is 12.8 Å². The van der Waals surface area contributed by atoms with Gasteiger partial charge in [-0.3, -0.25) is 4.79 Å². The van der Waals surface area contributed by atoms with Gasteiger partial charge in [-0.2, -0.15) is 13.2 Å². The van der Waals surface area contributed by atoms with Crippen LogP contribution in [0.3, 0.4) is 0 Å². The van der Waals surface area contributed by atoms with Crippen molar-refractivity contribution < 1.29 is 18.0 Å². The summed E-state index contributed by atoms with van der Waals surface area (Å²) in [6, 6.07) is 0. The maximum absolute atomic E-state index is 11.9. The van der Waals surface area contributed by atoms with Gasteiger partial charge in [0.25, 0.3) is 0 Å². The maximum atomic E-state index is 11.9. The van der Waals surface area contributed by atoms with Crippen LogP contribution in [0.5, 0.6) is 0 Å². The highest BCUT2D eigenvalue weighted by Gasteiger charge is 2.41. The summed E-state index contributed by atoms with van der Waals surface area (Å²) in [6.45, 7) is 6.59. The van der Waals surface area contributed by atoms with Gasteiger partial charge in [0.1, 0.15) is 0 Å². The van der Waals surface area contributed by atoms with Gasteiger partial charge in [0.2, 0.25) is 5.78 Å². The quantitative estimate of drug-likeness (QED) is 0.612. The number of alkyl halides is 3. The van der Waals surface area contributed by atoms with Crippen LogP contribution in [0.25, 0.3) is 0 Å². The van der Waals surface area contributed by atoms with E-state index in [4.69, 9.17) is 0 Å². The molecule has 0 N–H and O–H groups in total. The van der Waals surface area contributed by atoms with Gasteiger partial charge in [-0.05, 0) is 12.8 Å². The predicted molar refractivity (Wildman–Crippen MR) is 44.2 cm³/mol. The molecule has 0 heterocycles. The van der Waals surface area contributed by atoms with E-state index in [9.17, 15) is 18.0 Å². The van der Waals surface area contributed by atoms with Gasteiger partial charge in [0, 0.05) is 5.92 Å². The van der Waals surface area contributed by atoms with Gasteiger partial charge in [0.05, 0.1) is 0 Å². The molecule has 0 aliphatic carbocycles. The number of rotatable bonds is 5. The molecule has 0 aromatic heterocycles. The third-order valence-corrected chi connectivity index (χ3v) is 1.55. The minimum atomic E-state index is -4.75. The Morgan fingerprint density at radius 1 is 1.23 bits per heavy atom. The normalized spacial score (nSPS) is 11.4. The standard InChI is InChI=1S/C9H11F3O/c1-3-5-7(6-4-2)8(13)9(10,11)12/h3-4,7H,1-2,5-6H2. The van der Waals surface area contributed by atoms with Crippen LogP contribution >= 0.6 is 0 Å². The van der Waals surface area contributed by atoms with Crippen LogP contribution in [0.15, 0.2) is 25.3 Å². The van der Waals surface area contributed by atoms with Crippen molar-refractivity contribution in [3.63, 3.8) is 0 Å². The monoisotopic (exact) mass is 192 g/mol. The third-order valence-electron chi connectivity index (χ3n) is 1.55. The molecule has 0 saturated heterocycles. The van der Waals surface area contributed by atoms with E-state index in [2.05, 4.69) is 13.2 Å². The maximum Gasteiger partial charge on any atom is 0.450 e. The summed E-state index contributed by atoms with van der Waals surface area (Å²) in [6.07, 6.45) is -2.08. The Morgan fingerprint density at radius 2 is 1.62 bits per heavy atom. The van der Waals surface area contributed by atoms with Crippen molar-refractivity contribution in [2.24, 2.45) is 5.92 Å². The van der Waals surface area contributed by atoms with Crippen LogP contribution in [-0.2, 0) is 4.79 Å². The molecule has 0 unspecified atom stereocenters. The molecule has 0 aliphatic heterocycles. The lowest BCUT2D eigenvalue weighted by molar-refractivity contribution is -0.175. The number of ketones is 1. The molecule has 0 spiro atoms. The van der Waals surface area contributed by atoms with Crippen molar-refractivity contribution in [2.75, 3.05) is 0 Å². The van der Waals surface area contributed by atoms with Gasteiger partial charge >= 0.3 is 6.18 Å². The SMILES string of the molecule is C=CCC(CC=C)C(=O)C(F)(F)F. The number of allylic oxidation sites excluding steroid dienone is 2. The topological polar surface area (TPSA) is 17.1 Å². The lowest BCUT2D eigenvalue weighted by Crippen LogP contribution is -2.30. The van der Waals surface area contributed by atoms with Gasteiger partial charge in [-0.15, -0.1) is 13.2 Å². The third kappa shape index (κ3) is 3.92. The molecule has 0 saturated carbocycles. The van der Waals surface area contributed by atoms with Crippen molar-refractivity contribution in [3.8, 4) is 0 Å².